The zero-order chi connectivity index (χ0) is 47.3. The molecule has 6 aromatic carbocycles. The van der Waals surface area contributed by atoms with Gasteiger partial charge in [0.2, 0.25) is 0 Å². The van der Waals surface area contributed by atoms with Gasteiger partial charge in [0.25, 0.3) is 0 Å². The molecule has 0 aliphatic heterocycles. The minimum atomic E-state index is -2.02. The van der Waals surface area contributed by atoms with E-state index in [4.69, 9.17) is 0 Å². The van der Waals surface area contributed by atoms with Gasteiger partial charge in [0.1, 0.15) is 0 Å². The third kappa shape index (κ3) is 10.7. The zero-order valence-corrected chi connectivity index (χ0v) is 47.2. The molecular weight excluding hydrogens is 941 g/mol. The number of hydrogen-bond acceptors (Lipinski definition) is 0. The van der Waals surface area contributed by atoms with Crippen molar-refractivity contribution < 1.29 is 0 Å². The van der Waals surface area contributed by atoms with Crippen molar-refractivity contribution in [3.05, 3.63) is 178 Å². The van der Waals surface area contributed by atoms with Gasteiger partial charge >= 0.3 is 409 Å². The van der Waals surface area contributed by atoms with Crippen molar-refractivity contribution in [2.75, 3.05) is 0 Å². The van der Waals surface area contributed by atoms with Crippen molar-refractivity contribution in [3.63, 3.8) is 0 Å². The maximum absolute atomic E-state index is 3.93. The maximum atomic E-state index is 3.93. The molecule has 0 amide bonds. The molecule has 0 radical (unpaired) electrons. The van der Waals surface area contributed by atoms with Gasteiger partial charge in [-0.15, -0.1) is 0 Å². The Morgan fingerprint density at radius 2 is 0.391 bits per heavy atom. The number of hydrogen-bond donors (Lipinski definition) is 0. The molecule has 6 aromatic rings. The quantitative estimate of drug-likeness (QED) is 0.0753. The Labute approximate surface area is 406 Å². The van der Waals surface area contributed by atoms with Gasteiger partial charge < -0.3 is 0 Å². The molecule has 0 aliphatic rings. The fraction of sp³-hybridized carbons (Fsp3) is 0.400. The van der Waals surface area contributed by atoms with Crippen LogP contribution in [0.5, 0.6) is 0 Å². The van der Waals surface area contributed by atoms with Crippen molar-refractivity contribution in [3.8, 4) is 0 Å². The van der Waals surface area contributed by atoms with Crippen LogP contribution in [0.1, 0.15) is 203 Å². The van der Waals surface area contributed by atoms with Crippen LogP contribution in [0.3, 0.4) is 0 Å². The Bertz CT molecular complexity index is 2150. The Morgan fingerprint density at radius 1 is 0.234 bits per heavy atom. The third-order valence-corrected chi connectivity index (χ3v) is 26.8. The summed E-state index contributed by atoms with van der Waals surface area (Å²) in [5.41, 5.74) is 7.86. The molecule has 4 heteroatoms. The zero-order valence-electron chi connectivity index (χ0n) is 42.0. The fourth-order valence-corrected chi connectivity index (χ4v) is 24.6. The monoisotopic (exact) mass is 1020 g/mol. The van der Waals surface area contributed by atoms with Crippen LogP contribution in [0.2, 0.25) is 0 Å². The van der Waals surface area contributed by atoms with Gasteiger partial charge in [-0.05, 0) is 0 Å². The Kier molecular flexibility index (Phi) is 18.2. The van der Waals surface area contributed by atoms with Crippen molar-refractivity contribution >= 4 is 73.0 Å². The van der Waals surface area contributed by atoms with Crippen LogP contribution in [0.4, 0.5) is 0 Å². The summed E-state index contributed by atoms with van der Waals surface area (Å²) in [7, 11) is 0. The van der Waals surface area contributed by atoms with E-state index in [-0.39, 0.29) is 0 Å². The Hall–Kier alpha value is -2.78. The molecule has 0 unspecified atom stereocenters. The average molecular weight is 1020 g/mol. The van der Waals surface area contributed by atoms with Crippen LogP contribution < -0.4 is 31.8 Å². The molecule has 0 aromatic heterocycles. The molecule has 0 spiro atoms. The number of benzene rings is 6. The summed E-state index contributed by atoms with van der Waals surface area (Å²) in [5.74, 6) is 3.73. The first-order valence-corrected chi connectivity index (χ1v) is 32.1. The number of rotatable bonds is 14. The molecule has 0 N–H and O–H groups in total. The van der Waals surface area contributed by atoms with Crippen LogP contribution in [0, 0.1) is 0 Å². The van der Waals surface area contributed by atoms with E-state index in [2.05, 4.69) is 274 Å². The standard InChI is InChI=1S/2C30H39PSe/c2*1-20(2)25-16-12-17-26(21(3)4)29(25)31(32,24-14-10-9-11-15-24)30-27(22(5)6)18-13-19-28(30)23(7)8/h2*9-23H,1-8H3. The van der Waals surface area contributed by atoms with Crippen molar-refractivity contribution in [1.29, 1.82) is 0 Å². The Balaban J connectivity index is 0.000000241. The first-order chi connectivity index (χ1) is 30.2. The molecular formula is C60H78P2Se2. The van der Waals surface area contributed by atoms with E-state index in [0.29, 0.717) is 47.3 Å². The van der Waals surface area contributed by atoms with Gasteiger partial charge in [-0.2, -0.15) is 0 Å². The van der Waals surface area contributed by atoms with E-state index < -0.39 is 11.0 Å². The van der Waals surface area contributed by atoms with E-state index in [0.717, 1.165) is 0 Å². The molecule has 340 valence electrons. The topological polar surface area (TPSA) is 0 Å². The fourth-order valence-electron chi connectivity index (χ4n) is 9.52. The van der Waals surface area contributed by atoms with Gasteiger partial charge in [-0.25, -0.2) is 0 Å². The van der Waals surface area contributed by atoms with Gasteiger partial charge in [0.15, 0.2) is 0 Å². The van der Waals surface area contributed by atoms with Crippen LogP contribution >= 0.6 is 11.0 Å². The van der Waals surface area contributed by atoms with Crippen LogP contribution in [0.25, 0.3) is 0 Å². The van der Waals surface area contributed by atoms with Crippen LogP contribution in [0.15, 0.2) is 133 Å². The summed E-state index contributed by atoms with van der Waals surface area (Å²) >= 11 is 7.86. The summed E-state index contributed by atoms with van der Waals surface area (Å²) in [4.78, 5) is 0. The van der Waals surface area contributed by atoms with E-state index >= 15 is 0 Å². The molecule has 6 rings (SSSR count). The van der Waals surface area contributed by atoms with Gasteiger partial charge in [-0.3, -0.25) is 0 Å². The van der Waals surface area contributed by atoms with Crippen molar-refractivity contribution in [1.82, 2.24) is 0 Å². The SMILES string of the molecule is CC(C)c1cccc(C(C)C)c1P(=[Se])(c1ccccc1)c1c(C(C)C)cccc1C(C)C.CC(C)c1cccc(C(C)C)c1P(=[Se])(c1ccccc1)c1c(C(C)C)cccc1C(C)C. The molecule has 0 saturated carbocycles. The first kappa shape index (κ1) is 52.2. The molecule has 0 nitrogen and oxygen atoms in total. The molecule has 0 saturated heterocycles. The molecule has 0 bridgehead atoms. The molecule has 0 fully saturated rings. The minimum absolute atomic E-state index is 0.467. The van der Waals surface area contributed by atoms with E-state index in [1.54, 1.807) is 21.2 Å². The van der Waals surface area contributed by atoms with Gasteiger partial charge in [0.05, 0.1) is 0 Å². The predicted molar refractivity (Wildman–Crippen MR) is 295 cm³/mol. The second-order valence-electron chi connectivity index (χ2n) is 20.3. The van der Waals surface area contributed by atoms with Crippen molar-refractivity contribution in [2.45, 2.75) is 158 Å². The predicted octanol–water partition coefficient (Wildman–Crippen LogP) is 15.1. The third-order valence-electron chi connectivity index (χ3n) is 12.9. The van der Waals surface area contributed by atoms with E-state index in [9.17, 15) is 0 Å². The second kappa shape index (κ2) is 22.3. The van der Waals surface area contributed by atoms with E-state index in [1.165, 1.54) is 55.1 Å². The van der Waals surface area contributed by atoms with Crippen molar-refractivity contribution in [2.24, 2.45) is 0 Å². The average Bonchev–Trinajstić information content (AvgIpc) is 3.27. The Morgan fingerprint density at radius 3 is 0.531 bits per heavy atom. The molecule has 0 aliphatic carbocycles. The second-order valence-corrected chi connectivity index (χ2v) is 32.4. The van der Waals surface area contributed by atoms with Crippen LogP contribution in [-0.2, 0) is 0 Å². The molecule has 64 heavy (non-hydrogen) atoms. The summed E-state index contributed by atoms with van der Waals surface area (Å²) in [6.07, 6.45) is 0. The van der Waals surface area contributed by atoms with Gasteiger partial charge in [-0.1, -0.05) is 0 Å². The summed E-state index contributed by atoms with van der Waals surface area (Å²) in [5, 5.41) is 9.12. The first-order valence-electron chi connectivity index (χ1n) is 24.1. The summed E-state index contributed by atoms with van der Waals surface area (Å²) in [6.45, 7) is 37.5. The van der Waals surface area contributed by atoms with E-state index in [1.807, 2.05) is 0 Å². The normalized spacial score (nSPS) is 12.4. The van der Waals surface area contributed by atoms with Gasteiger partial charge in [0, 0.05) is 0 Å². The van der Waals surface area contributed by atoms with Crippen LogP contribution in [-0.4, -0.2) is 30.2 Å². The molecule has 0 atom stereocenters. The summed E-state index contributed by atoms with van der Waals surface area (Å²) in [6, 6.07) is 50.6. The summed E-state index contributed by atoms with van der Waals surface area (Å²) < 4.78 is 0. The molecule has 0 heterocycles.